The van der Waals surface area contributed by atoms with Crippen LogP contribution in [0.2, 0.25) is 0 Å². The van der Waals surface area contributed by atoms with Crippen LogP contribution in [0.15, 0.2) is 24.5 Å². The molecule has 20 heavy (non-hydrogen) atoms. The van der Waals surface area contributed by atoms with E-state index < -0.39 is 5.97 Å². The second-order valence-electron chi connectivity index (χ2n) is 5.35. The van der Waals surface area contributed by atoms with E-state index in [1.807, 2.05) is 28.9 Å². The fraction of sp³-hybridized carbons (Fsp3) is 0.429. The number of hydrogen-bond donors (Lipinski definition) is 2. The van der Waals surface area contributed by atoms with Crippen molar-refractivity contribution < 1.29 is 9.90 Å². The lowest BCUT2D eigenvalue weighted by molar-refractivity contribution is -0.143. The zero-order chi connectivity index (χ0) is 14.1. The van der Waals surface area contributed by atoms with Gasteiger partial charge in [0.25, 0.3) is 0 Å². The Bertz CT molecular complexity index is 637. The van der Waals surface area contributed by atoms with Gasteiger partial charge in [-0.2, -0.15) is 0 Å². The molecule has 1 saturated heterocycles. The van der Waals surface area contributed by atoms with E-state index >= 15 is 0 Å². The van der Waals surface area contributed by atoms with Crippen molar-refractivity contribution in [3.63, 3.8) is 0 Å². The van der Waals surface area contributed by atoms with E-state index in [4.69, 9.17) is 10.8 Å². The molecular weight excluding hydrogens is 256 g/mol. The maximum Gasteiger partial charge on any atom is 0.307 e. The Labute approximate surface area is 116 Å². The fourth-order valence-corrected chi connectivity index (χ4v) is 2.79. The maximum atomic E-state index is 11.1. The molecule has 0 spiro atoms. The number of piperidine rings is 1. The lowest BCUT2D eigenvalue weighted by Gasteiger charge is -2.30. The molecule has 2 aromatic heterocycles. The van der Waals surface area contributed by atoms with Gasteiger partial charge in [0.2, 0.25) is 0 Å². The van der Waals surface area contributed by atoms with Gasteiger partial charge in [0.05, 0.1) is 17.8 Å². The van der Waals surface area contributed by atoms with Crippen LogP contribution in [0.4, 0.5) is 5.69 Å². The van der Waals surface area contributed by atoms with E-state index in [2.05, 4.69) is 9.88 Å². The van der Waals surface area contributed by atoms with E-state index in [1.54, 1.807) is 0 Å². The van der Waals surface area contributed by atoms with Crippen molar-refractivity contribution in [1.29, 1.82) is 0 Å². The van der Waals surface area contributed by atoms with Gasteiger partial charge in [0.15, 0.2) is 0 Å². The third-order valence-corrected chi connectivity index (χ3v) is 3.85. The van der Waals surface area contributed by atoms with Crippen molar-refractivity contribution in [3.8, 4) is 0 Å². The van der Waals surface area contributed by atoms with Gasteiger partial charge in [0, 0.05) is 25.0 Å². The quantitative estimate of drug-likeness (QED) is 0.879. The highest BCUT2D eigenvalue weighted by Gasteiger charge is 2.25. The Balaban J connectivity index is 1.79. The van der Waals surface area contributed by atoms with Gasteiger partial charge in [-0.05, 0) is 31.5 Å². The highest BCUT2D eigenvalue weighted by molar-refractivity contribution is 5.70. The van der Waals surface area contributed by atoms with Crippen molar-refractivity contribution in [2.45, 2.75) is 19.4 Å². The molecule has 1 aliphatic rings. The minimum absolute atomic E-state index is 0.256. The Hall–Kier alpha value is -2.08. The van der Waals surface area contributed by atoms with E-state index in [9.17, 15) is 4.79 Å². The molecule has 0 bridgehead atoms. The molecule has 1 aliphatic heterocycles. The molecule has 1 atom stereocenters. The minimum Gasteiger partial charge on any atom is -0.481 e. The molecule has 0 radical (unpaired) electrons. The van der Waals surface area contributed by atoms with Gasteiger partial charge >= 0.3 is 5.97 Å². The summed E-state index contributed by atoms with van der Waals surface area (Å²) < 4.78 is 1.97. The van der Waals surface area contributed by atoms with Crippen LogP contribution in [0, 0.1) is 5.92 Å². The lowest BCUT2D eigenvalue weighted by Crippen LogP contribution is -2.38. The van der Waals surface area contributed by atoms with Crippen LogP contribution in [0.1, 0.15) is 18.5 Å². The third-order valence-electron chi connectivity index (χ3n) is 3.85. The first-order chi connectivity index (χ1) is 9.63. The number of carbonyl (C=O) groups is 1. The Kier molecular flexibility index (Phi) is 3.31. The third kappa shape index (κ3) is 2.46. The van der Waals surface area contributed by atoms with Gasteiger partial charge in [-0.15, -0.1) is 0 Å². The predicted octanol–water partition coefficient (Wildman–Crippen LogP) is 1.21. The highest BCUT2D eigenvalue weighted by atomic mass is 16.4. The van der Waals surface area contributed by atoms with Gasteiger partial charge in [0.1, 0.15) is 5.65 Å². The number of likely N-dealkylation sites (tertiary alicyclic amines) is 1. The first kappa shape index (κ1) is 12.9. The Morgan fingerprint density at radius 3 is 3.15 bits per heavy atom. The topological polar surface area (TPSA) is 83.9 Å². The number of rotatable bonds is 3. The van der Waals surface area contributed by atoms with Crippen LogP contribution in [-0.4, -0.2) is 38.4 Å². The van der Waals surface area contributed by atoms with Crippen molar-refractivity contribution in [2.24, 2.45) is 5.92 Å². The summed E-state index contributed by atoms with van der Waals surface area (Å²) in [4.78, 5) is 17.6. The van der Waals surface area contributed by atoms with Crippen molar-refractivity contribution >= 4 is 17.3 Å². The van der Waals surface area contributed by atoms with Gasteiger partial charge in [-0.3, -0.25) is 9.69 Å². The number of carboxylic acid groups (broad SMARTS) is 1. The summed E-state index contributed by atoms with van der Waals surface area (Å²) in [6.07, 6.45) is 5.39. The molecule has 3 heterocycles. The van der Waals surface area contributed by atoms with E-state index in [0.29, 0.717) is 18.8 Å². The predicted molar refractivity (Wildman–Crippen MR) is 75.2 cm³/mol. The van der Waals surface area contributed by atoms with Gasteiger partial charge in [-0.1, -0.05) is 0 Å². The van der Waals surface area contributed by atoms with Gasteiger partial charge < -0.3 is 15.2 Å². The molecule has 0 saturated carbocycles. The molecule has 0 aromatic carbocycles. The molecule has 0 amide bonds. The number of imidazole rings is 1. The van der Waals surface area contributed by atoms with Crippen molar-refractivity contribution in [1.82, 2.24) is 14.3 Å². The molecule has 1 fully saturated rings. The number of hydrogen-bond acceptors (Lipinski definition) is 4. The number of anilines is 1. The van der Waals surface area contributed by atoms with Crippen LogP contribution >= 0.6 is 0 Å². The first-order valence-corrected chi connectivity index (χ1v) is 6.80. The van der Waals surface area contributed by atoms with E-state index in [0.717, 1.165) is 30.7 Å². The smallest absolute Gasteiger partial charge is 0.307 e. The number of aromatic nitrogens is 2. The SMILES string of the molecule is Nc1ccc2ncc(CN3CCCC(C(=O)O)C3)n2c1. The maximum absolute atomic E-state index is 11.1. The zero-order valence-corrected chi connectivity index (χ0v) is 11.2. The summed E-state index contributed by atoms with van der Waals surface area (Å²) in [6, 6.07) is 3.71. The number of fused-ring (bicyclic) bond motifs is 1. The highest BCUT2D eigenvalue weighted by Crippen LogP contribution is 2.19. The van der Waals surface area contributed by atoms with Crippen LogP contribution in [0.3, 0.4) is 0 Å². The molecule has 3 rings (SSSR count). The number of carboxylic acids is 1. The van der Waals surface area contributed by atoms with Crippen molar-refractivity contribution in [2.75, 3.05) is 18.8 Å². The molecule has 106 valence electrons. The standard InChI is InChI=1S/C14H18N4O2/c15-11-3-4-13-16-6-12(18(13)8-11)9-17-5-1-2-10(7-17)14(19)20/h3-4,6,8,10H,1-2,5,7,9,15H2,(H,19,20). The molecule has 6 nitrogen and oxygen atoms in total. The van der Waals surface area contributed by atoms with Crippen molar-refractivity contribution in [3.05, 3.63) is 30.2 Å². The molecule has 3 N–H and O–H groups in total. The molecule has 0 aliphatic carbocycles. The average molecular weight is 274 g/mol. The summed E-state index contributed by atoms with van der Waals surface area (Å²) >= 11 is 0. The molecule has 1 unspecified atom stereocenters. The fourth-order valence-electron chi connectivity index (χ4n) is 2.79. The number of nitrogens with zero attached hydrogens (tertiary/aromatic N) is 3. The second-order valence-corrected chi connectivity index (χ2v) is 5.35. The molecule has 6 heteroatoms. The van der Waals surface area contributed by atoms with E-state index in [1.165, 1.54) is 0 Å². The number of nitrogen functional groups attached to an aromatic ring is 1. The Morgan fingerprint density at radius 2 is 2.35 bits per heavy atom. The Morgan fingerprint density at radius 1 is 1.50 bits per heavy atom. The average Bonchev–Trinajstić information content (AvgIpc) is 2.82. The number of nitrogens with two attached hydrogens (primary N) is 1. The monoisotopic (exact) mass is 274 g/mol. The first-order valence-electron chi connectivity index (χ1n) is 6.80. The van der Waals surface area contributed by atoms with Gasteiger partial charge in [-0.25, -0.2) is 4.98 Å². The second kappa shape index (κ2) is 5.13. The summed E-state index contributed by atoms with van der Waals surface area (Å²) in [5, 5.41) is 9.13. The van der Waals surface area contributed by atoms with E-state index in [-0.39, 0.29) is 5.92 Å². The summed E-state index contributed by atoms with van der Waals surface area (Å²) in [6.45, 7) is 2.23. The summed E-state index contributed by atoms with van der Waals surface area (Å²) in [5.74, 6) is -0.954. The van der Waals surface area contributed by atoms with Crippen LogP contribution in [0.5, 0.6) is 0 Å². The zero-order valence-electron chi connectivity index (χ0n) is 11.2. The summed E-state index contributed by atoms with van der Waals surface area (Å²) in [7, 11) is 0. The molecule has 2 aromatic rings. The number of pyridine rings is 1. The largest absolute Gasteiger partial charge is 0.481 e. The summed E-state index contributed by atoms with van der Waals surface area (Å²) in [5.41, 5.74) is 8.40. The minimum atomic E-state index is -0.697. The number of aliphatic carboxylic acids is 1. The lowest BCUT2D eigenvalue weighted by atomic mass is 9.98. The van der Waals surface area contributed by atoms with Crippen LogP contribution in [0.25, 0.3) is 5.65 Å². The normalized spacial score (nSPS) is 20.3. The van der Waals surface area contributed by atoms with Crippen LogP contribution in [-0.2, 0) is 11.3 Å². The van der Waals surface area contributed by atoms with Crippen LogP contribution < -0.4 is 5.73 Å². The molecular formula is C14H18N4O2.